The molecule has 1 unspecified atom stereocenters. The average Bonchev–Trinajstić information content (AvgIpc) is 3.22. The van der Waals surface area contributed by atoms with Crippen molar-refractivity contribution in [2.24, 2.45) is 0 Å². The topological polar surface area (TPSA) is 168 Å². The third-order valence-corrected chi connectivity index (χ3v) is 6.42. The number of furan rings is 1. The van der Waals surface area contributed by atoms with Crippen LogP contribution in [0.15, 0.2) is 38.8 Å². The van der Waals surface area contributed by atoms with Gasteiger partial charge in [-0.2, -0.15) is 5.26 Å². The largest absolute Gasteiger partial charge is 0.511 e. The standard InChI is InChI=1S/C23H29N3O8S/c1-5-25-35(30,31)20-10-9-18(33-11-7-8-21(28)32-6-2)22-16(20)12-19(34-22)14(3)26-23(29)17(13-24)15(4)27/h9-10,12,14,25,27H,5-8,11H2,1-4H3,(H,26,29)/b17-15+. The lowest BCUT2D eigenvalue weighted by molar-refractivity contribution is -0.143. The van der Waals surface area contributed by atoms with Gasteiger partial charge in [0.25, 0.3) is 5.91 Å². The van der Waals surface area contributed by atoms with Crippen LogP contribution >= 0.6 is 0 Å². The number of esters is 1. The van der Waals surface area contributed by atoms with Crippen LogP contribution in [-0.4, -0.2) is 45.2 Å². The maximum Gasteiger partial charge on any atom is 0.305 e. The second-order valence-electron chi connectivity index (χ2n) is 7.48. The van der Waals surface area contributed by atoms with Crippen molar-refractivity contribution in [2.45, 2.75) is 51.5 Å². The summed E-state index contributed by atoms with van der Waals surface area (Å²) in [4.78, 5) is 23.8. The monoisotopic (exact) mass is 507 g/mol. The number of rotatable bonds is 12. The zero-order valence-corrected chi connectivity index (χ0v) is 20.8. The van der Waals surface area contributed by atoms with Crippen molar-refractivity contribution >= 4 is 32.9 Å². The molecule has 0 aliphatic heterocycles. The molecule has 0 saturated carbocycles. The molecule has 11 nitrogen and oxygen atoms in total. The summed E-state index contributed by atoms with van der Waals surface area (Å²) in [6, 6.07) is 5.17. The number of ether oxygens (including phenoxy) is 2. The van der Waals surface area contributed by atoms with Crippen LogP contribution in [0.1, 0.15) is 52.3 Å². The van der Waals surface area contributed by atoms with Crippen molar-refractivity contribution in [1.29, 1.82) is 5.26 Å². The number of allylic oxidation sites excluding steroid dienone is 1. The summed E-state index contributed by atoms with van der Waals surface area (Å²) in [5.41, 5.74) is -0.306. The Morgan fingerprint density at radius 2 is 2.00 bits per heavy atom. The first-order valence-corrected chi connectivity index (χ1v) is 12.5. The number of aliphatic hydroxyl groups excluding tert-OH is 1. The highest BCUT2D eigenvalue weighted by molar-refractivity contribution is 7.89. The molecule has 35 heavy (non-hydrogen) atoms. The van der Waals surface area contributed by atoms with Crippen molar-refractivity contribution in [3.05, 3.63) is 35.3 Å². The van der Waals surface area contributed by atoms with Crippen molar-refractivity contribution in [1.82, 2.24) is 10.0 Å². The summed E-state index contributed by atoms with van der Waals surface area (Å²) >= 11 is 0. The molecule has 0 fully saturated rings. The molecule has 1 aromatic carbocycles. The van der Waals surface area contributed by atoms with E-state index < -0.39 is 33.3 Å². The second-order valence-corrected chi connectivity index (χ2v) is 9.21. The Balaban J connectivity index is 2.40. The van der Waals surface area contributed by atoms with E-state index in [1.54, 1.807) is 26.8 Å². The van der Waals surface area contributed by atoms with Crippen LogP contribution in [0.25, 0.3) is 11.0 Å². The molecule has 2 aromatic rings. The van der Waals surface area contributed by atoms with E-state index in [0.29, 0.717) is 6.42 Å². The van der Waals surface area contributed by atoms with Gasteiger partial charge in [0.15, 0.2) is 16.9 Å². The van der Waals surface area contributed by atoms with Gasteiger partial charge in [-0.1, -0.05) is 6.92 Å². The van der Waals surface area contributed by atoms with Gasteiger partial charge >= 0.3 is 5.97 Å². The number of sulfonamides is 1. The van der Waals surface area contributed by atoms with E-state index in [2.05, 4.69) is 10.0 Å². The molecule has 1 amide bonds. The second kappa shape index (κ2) is 12.2. The quantitative estimate of drug-likeness (QED) is 0.129. The van der Waals surface area contributed by atoms with E-state index >= 15 is 0 Å². The van der Waals surface area contributed by atoms with Crippen LogP contribution in [0, 0.1) is 11.3 Å². The SMILES string of the molecule is CCNS(=O)(=O)c1ccc(OCCCC(=O)OCC)c2oc(C(C)NC(=O)/C(C#N)=C(\C)O)cc12. The molecular weight excluding hydrogens is 478 g/mol. The Morgan fingerprint density at radius 3 is 2.60 bits per heavy atom. The average molecular weight is 508 g/mol. The normalized spacial score (nSPS) is 13.0. The number of hydrogen-bond donors (Lipinski definition) is 3. The number of benzene rings is 1. The van der Waals surface area contributed by atoms with Gasteiger partial charge in [0.2, 0.25) is 10.0 Å². The van der Waals surface area contributed by atoms with Gasteiger partial charge in [-0.25, -0.2) is 13.1 Å². The smallest absolute Gasteiger partial charge is 0.305 e. The zero-order chi connectivity index (χ0) is 26.2. The molecule has 3 N–H and O–H groups in total. The fourth-order valence-electron chi connectivity index (χ4n) is 3.19. The third-order valence-electron chi connectivity index (χ3n) is 4.81. The Labute approximate surface area is 203 Å². The predicted octanol–water partition coefficient (Wildman–Crippen LogP) is 2.99. The number of hydrogen-bond acceptors (Lipinski definition) is 9. The summed E-state index contributed by atoms with van der Waals surface area (Å²) in [7, 11) is -3.86. The maximum absolute atomic E-state index is 12.7. The Morgan fingerprint density at radius 1 is 1.29 bits per heavy atom. The van der Waals surface area contributed by atoms with Gasteiger partial charge in [0.1, 0.15) is 17.6 Å². The molecule has 0 saturated heterocycles. The van der Waals surface area contributed by atoms with E-state index in [0.717, 1.165) is 0 Å². The van der Waals surface area contributed by atoms with E-state index in [9.17, 15) is 23.1 Å². The first-order chi connectivity index (χ1) is 16.5. The van der Waals surface area contributed by atoms with Crippen LogP contribution in [0.5, 0.6) is 5.75 Å². The maximum atomic E-state index is 12.7. The van der Waals surface area contributed by atoms with Crippen molar-refractivity contribution in [3.8, 4) is 11.8 Å². The van der Waals surface area contributed by atoms with Gasteiger partial charge in [-0.05, 0) is 45.4 Å². The molecule has 2 rings (SSSR count). The highest BCUT2D eigenvalue weighted by Crippen LogP contribution is 2.36. The molecule has 0 bridgehead atoms. The van der Waals surface area contributed by atoms with E-state index in [-0.39, 0.29) is 59.5 Å². The number of fused-ring (bicyclic) bond motifs is 1. The minimum Gasteiger partial charge on any atom is -0.511 e. The Bertz CT molecular complexity index is 1250. The van der Waals surface area contributed by atoms with E-state index in [4.69, 9.17) is 19.2 Å². The molecule has 0 radical (unpaired) electrons. The van der Waals surface area contributed by atoms with Crippen molar-refractivity contribution in [3.63, 3.8) is 0 Å². The van der Waals surface area contributed by atoms with Gasteiger partial charge in [-0.3, -0.25) is 9.59 Å². The number of aliphatic hydroxyl groups is 1. The molecule has 1 atom stereocenters. The minimum absolute atomic E-state index is 0.0365. The minimum atomic E-state index is -3.86. The first kappa shape index (κ1) is 27.7. The lowest BCUT2D eigenvalue weighted by Crippen LogP contribution is -2.28. The number of nitriles is 1. The molecule has 0 aliphatic carbocycles. The van der Waals surface area contributed by atoms with Crippen molar-refractivity contribution < 1.29 is 37.0 Å². The van der Waals surface area contributed by atoms with Crippen LogP contribution in [0.3, 0.4) is 0 Å². The summed E-state index contributed by atoms with van der Waals surface area (Å²) in [5, 5.41) is 21.4. The van der Waals surface area contributed by atoms with Gasteiger partial charge < -0.3 is 24.3 Å². The Kier molecular flexibility index (Phi) is 9.68. The molecule has 1 heterocycles. The number of amides is 1. The van der Waals surface area contributed by atoms with Crippen LogP contribution in [0.2, 0.25) is 0 Å². The molecule has 190 valence electrons. The lowest BCUT2D eigenvalue weighted by atomic mass is 10.2. The number of carbonyl (C=O) groups is 2. The molecule has 0 spiro atoms. The fraction of sp³-hybridized carbons (Fsp3) is 0.435. The summed E-state index contributed by atoms with van der Waals surface area (Å²) in [6.45, 7) is 6.78. The highest BCUT2D eigenvalue weighted by Gasteiger charge is 2.25. The van der Waals surface area contributed by atoms with Gasteiger partial charge in [0.05, 0.1) is 24.2 Å². The molecular formula is C23H29N3O8S. The Hall–Kier alpha value is -3.56. The van der Waals surface area contributed by atoms with Crippen LogP contribution in [-0.2, 0) is 24.3 Å². The van der Waals surface area contributed by atoms with Gasteiger partial charge in [0, 0.05) is 18.4 Å². The van der Waals surface area contributed by atoms with E-state index in [1.807, 2.05) is 0 Å². The summed E-state index contributed by atoms with van der Waals surface area (Å²) < 4.78 is 44.4. The molecule has 12 heteroatoms. The zero-order valence-electron chi connectivity index (χ0n) is 20.0. The number of nitrogens with zero attached hydrogens (tertiary/aromatic N) is 1. The van der Waals surface area contributed by atoms with Crippen molar-refractivity contribution in [2.75, 3.05) is 19.8 Å². The number of carbonyl (C=O) groups excluding carboxylic acids is 2. The summed E-state index contributed by atoms with van der Waals surface area (Å²) in [5.74, 6) is -1.12. The predicted molar refractivity (Wildman–Crippen MR) is 126 cm³/mol. The summed E-state index contributed by atoms with van der Waals surface area (Å²) in [6.07, 6.45) is 0.539. The first-order valence-electron chi connectivity index (χ1n) is 11.0. The van der Waals surface area contributed by atoms with E-state index in [1.165, 1.54) is 25.1 Å². The fourth-order valence-corrected chi connectivity index (χ4v) is 4.41. The third kappa shape index (κ3) is 6.97. The lowest BCUT2D eigenvalue weighted by Gasteiger charge is -2.11. The van der Waals surface area contributed by atoms with Gasteiger partial charge in [-0.15, -0.1) is 0 Å². The van der Waals surface area contributed by atoms with Crippen LogP contribution < -0.4 is 14.8 Å². The number of nitrogens with one attached hydrogen (secondary N) is 2. The van der Waals surface area contributed by atoms with Crippen LogP contribution in [0.4, 0.5) is 0 Å². The highest BCUT2D eigenvalue weighted by atomic mass is 32.2. The molecule has 0 aliphatic rings. The molecule has 1 aromatic heterocycles.